The fourth-order valence-electron chi connectivity index (χ4n) is 3.81. The number of piperazine rings is 1. The van der Waals surface area contributed by atoms with Crippen LogP contribution in [-0.4, -0.2) is 49.1 Å². The van der Waals surface area contributed by atoms with Crippen molar-refractivity contribution in [3.8, 4) is 12.3 Å². The Balaban J connectivity index is 1.78. The molecule has 0 radical (unpaired) electrons. The molecule has 1 fully saturated rings. The Morgan fingerprint density at radius 3 is 2.61 bits per heavy atom. The molecular weight excluding hydrogens is 399 g/mol. The van der Waals surface area contributed by atoms with Crippen molar-refractivity contribution in [3.63, 3.8) is 0 Å². The first-order chi connectivity index (χ1) is 14.9. The minimum atomic E-state index is -0.908. The predicted molar refractivity (Wildman–Crippen MR) is 116 cm³/mol. The molecule has 2 aromatic rings. The lowest BCUT2D eigenvalue weighted by molar-refractivity contribution is 0.312. The first-order valence-corrected chi connectivity index (χ1v) is 9.64. The molecule has 0 spiro atoms. The summed E-state index contributed by atoms with van der Waals surface area (Å²) in [6.45, 7) is 3.42. The SMILES string of the molecule is CN1CCN(c2ccc(C3N=C(NC#N)Nc4nc(N)c(C#N)c(N)c43)c(F)c2)CC1. The summed E-state index contributed by atoms with van der Waals surface area (Å²) in [4.78, 5) is 12.9. The summed E-state index contributed by atoms with van der Waals surface area (Å²) < 4.78 is 15.3. The number of nitrogen functional groups attached to an aromatic ring is 2. The molecule has 2 aliphatic heterocycles. The molecule has 3 heterocycles. The normalized spacial score (nSPS) is 18.3. The maximum Gasteiger partial charge on any atom is 0.211 e. The second-order valence-electron chi connectivity index (χ2n) is 7.40. The van der Waals surface area contributed by atoms with E-state index >= 15 is 4.39 Å². The largest absolute Gasteiger partial charge is 0.397 e. The lowest BCUT2D eigenvalue weighted by atomic mass is 9.94. The highest BCUT2D eigenvalue weighted by atomic mass is 19.1. The third kappa shape index (κ3) is 3.63. The molecule has 0 saturated carbocycles. The molecule has 0 bridgehead atoms. The summed E-state index contributed by atoms with van der Waals surface area (Å²) >= 11 is 0. The number of hydrogen-bond acceptors (Lipinski definition) is 10. The monoisotopic (exact) mass is 420 g/mol. The minimum Gasteiger partial charge on any atom is -0.397 e. The highest BCUT2D eigenvalue weighted by molar-refractivity contribution is 5.98. The third-order valence-corrected chi connectivity index (χ3v) is 5.50. The number of nitriles is 2. The zero-order valence-corrected chi connectivity index (χ0v) is 16.9. The molecule has 10 nitrogen and oxygen atoms in total. The van der Waals surface area contributed by atoms with Gasteiger partial charge in [0.05, 0.1) is 5.69 Å². The van der Waals surface area contributed by atoms with Crippen LogP contribution in [0.3, 0.4) is 0 Å². The molecule has 1 saturated heterocycles. The van der Waals surface area contributed by atoms with Gasteiger partial charge >= 0.3 is 0 Å². The van der Waals surface area contributed by atoms with Crippen LogP contribution < -0.4 is 27.0 Å². The van der Waals surface area contributed by atoms with E-state index < -0.39 is 11.9 Å². The van der Waals surface area contributed by atoms with Gasteiger partial charge in [0.25, 0.3) is 0 Å². The van der Waals surface area contributed by atoms with Gasteiger partial charge in [0, 0.05) is 43.0 Å². The summed E-state index contributed by atoms with van der Waals surface area (Å²) in [7, 11) is 2.06. The van der Waals surface area contributed by atoms with Crippen LogP contribution in [0.25, 0.3) is 0 Å². The van der Waals surface area contributed by atoms with Gasteiger partial charge in [-0.15, -0.1) is 0 Å². The number of anilines is 4. The average molecular weight is 420 g/mol. The zero-order valence-electron chi connectivity index (χ0n) is 16.9. The third-order valence-electron chi connectivity index (χ3n) is 5.50. The second kappa shape index (κ2) is 7.97. The van der Waals surface area contributed by atoms with Gasteiger partial charge in [0.15, 0.2) is 6.19 Å². The highest BCUT2D eigenvalue weighted by Crippen LogP contribution is 2.41. The van der Waals surface area contributed by atoms with Crippen molar-refractivity contribution < 1.29 is 4.39 Å². The molecule has 158 valence electrons. The van der Waals surface area contributed by atoms with Crippen molar-refractivity contribution in [3.05, 3.63) is 40.7 Å². The number of fused-ring (bicyclic) bond motifs is 1. The average Bonchev–Trinajstić information content (AvgIpc) is 2.74. The molecule has 2 aliphatic rings. The molecule has 11 heteroatoms. The first kappa shape index (κ1) is 20.2. The number of hydrogen-bond donors (Lipinski definition) is 4. The van der Waals surface area contributed by atoms with E-state index in [1.165, 1.54) is 6.07 Å². The van der Waals surface area contributed by atoms with Gasteiger partial charge in [-0.1, -0.05) is 6.07 Å². The number of halogens is 1. The van der Waals surface area contributed by atoms with Gasteiger partial charge in [-0.25, -0.2) is 14.4 Å². The quantitative estimate of drug-likeness (QED) is 0.410. The van der Waals surface area contributed by atoms with Crippen molar-refractivity contribution in [2.24, 2.45) is 4.99 Å². The number of aromatic nitrogens is 1. The van der Waals surface area contributed by atoms with Crippen molar-refractivity contribution in [2.45, 2.75) is 6.04 Å². The van der Waals surface area contributed by atoms with Crippen molar-refractivity contribution in [1.82, 2.24) is 15.2 Å². The fourth-order valence-corrected chi connectivity index (χ4v) is 3.81. The molecule has 1 aromatic heterocycles. The van der Waals surface area contributed by atoms with Crippen molar-refractivity contribution in [1.29, 1.82) is 10.5 Å². The van der Waals surface area contributed by atoms with Crippen LogP contribution in [0.4, 0.5) is 27.4 Å². The number of guanidine groups is 1. The van der Waals surface area contributed by atoms with Gasteiger partial charge in [-0.2, -0.15) is 10.5 Å². The summed E-state index contributed by atoms with van der Waals surface area (Å²) in [5.41, 5.74) is 13.5. The van der Waals surface area contributed by atoms with Crippen LogP contribution in [0.15, 0.2) is 23.2 Å². The van der Waals surface area contributed by atoms with Crippen LogP contribution in [0.1, 0.15) is 22.7 Å². The van der Waals surface area contributed by atoms with E-state index in [0.29, 0.717) is 5.56 Å². The number of nitrogens with one attached hydrogen (secondary N) is 2. The Bertz CT molecular complexity index is 1140. The molecule has 1 atom stereocenters. The van der Waals surface area contributed by atoms with E-state index in [-0.39, 0.29) is 34.4 Å². The van der Waals surface area contributed by atoms with Gasteiger partial charge in [-0.3, -0.25) is 5.32 Å². The Morgan fingerprint density at radius 2 is 1.97 bits per heavy atom. The Morgan fingerprint density at radius 1 is 1.23 bits per heavy atom. The molecule has 1 aromatic carbocycles. The number of aliphatic imine (C=N–C) groups is 1. The van der Waals surface area contributed by atoms with Gasteiger partial charge in [0.2, 0.25) is 5.96 Å². The van der Waals surface area contributed by atoms with Crippen LogP contribution in [-0.2, 0) is 0 Å². The summed E-state index contributed by atoms with van der Waals surface area (Å²) in [5, 5.41) is 23.6. The predicted octanol–water partition coefficient (Wildman–Crippen LogP) is 0.950. The molecule has 31 heavy (non-hydrogen) atoms. The summed E-state index contributed by atoms with van der Waals surface area (Å²) in [5.74, 6) is -0.231. The van der Waals surface area contributed by atoms with E-state index in [0.717, 1.165) is 31.9 Å². The van der Waals surface area contributed by atoms with Crippen LogP contribution in [0.5, 0.6) is 0 Å². The number of nitrogens with zero attached hydrogens (tertiary/aromatic N) is 6. The summed E-state index contributed by atoms with van der Waals surface area (Å²) in [6.07, 6.45) is 1.77. The first-order valence-electron chi connectivity index (χ1n) is 9.64. The highest BCUT2D eigenvalue weighted by Gasteiger charge is 2.31. The van der Waals surface area contributed by atoms with Gasteiger partial charge in [-0.05, 0) is 19.2 Å². The minimum absolute atomic E-state index is 0.00640. The smallest absolute Gasteiger partial charge is 0.211 e. The number of nitrogens with two attached hydrogens (primary N) is 2. The number of rotatable bonds is 2. The van der Waals surface area contributed by atoms with Gasteiger partial charge < -0.3 is 26.6 Å². The van der Waals surface area contributed by atoms with Crippen molar-refractivity contribution >= 4 is 29.0 Å². The molecule has 1 unspecified atom stereocenters. The Hall–Kier alpha value is -4.09. The number of benzene rings is 1. The Kier molecular flexibility index (Phi) is 5.19. The summed E-state index contributed by atoms with van der Waals surface area (Å²) in [6, 6.07) is 5.99. The Labute approximate surface area is 178 Å². The number of pyridine rings is 1. The second-order valence-corrected chi connectivity index (χ2v) is 7.40. The van der Waals surface area contributed by atoms with Crippen LogP contribution >= 0.6 is 0 Å². The standard InChI is InChI=1S/C20H21FN10/c1-30-4-6-31(7-5-30)11-2-3-12(14(21)8-11)17-15-16(24)13(9-22)18(25)28-19(15)29-20(27-17)26-10-23/h2-3,8,17H,4-7H2,1H3,(H6,24,25,26,27,28,29). The molecule has 6 N–H and O–H groups in total. The van der Waals surface area contributed by atoms with E-state index in [1.54, 1.807) is 12.3 Å². The van der Waals surface area contributed by atoms with Crippen LogP contribution in [0, 0.1) is 28.6 Å². The number of likely N-dealkylation sites (N-methyl/N-ethyl adjacent to an activating group) is 1. The molecule has 0 amide bonds. The fraction of sp³-hybridized carbons (Fsp3) is 0.300. The van der Waals surface area contributed by atoms with Crippen LogP contribution in [0.2, 0.25) is 0 Å². The molecular formula is C20H21FN10. The van der Waals surface area contributed by atoms with Crippen molar-refractivity contribution in [2.75, 3.05) is 54.9 Å². The molecule has 4 rings (SSSR count). The van der Waals surface area contributed by atoms with E-state index in [9.17, 15) is 5.26 Å². The van der Waals surface area contributed by atoms with Gasteiger partial charge in [0.1, 0.15) is 35.1 Å². The lowest BCUT2D eigenvalue weighted by Crippen LogP contribution is -2.44. The molecule has 0 aliphatic carbocycles. The van der Waals surface area contributed by atoms with E-state index in [4.69, 9.17) is 16.7 Å². The maximum atomic E-state index is 15.3. The lowest BCUT2D eigenvalue weighted by Gasteiger charge is -2.34. The maximum absolute atomic E-state index is 15.3. The zero-order chi connectivity index (χ0) is 22.1. The van der Waals surface area contributed by atoms with E-state index in [1.807, 2.05) is 12.1 Å². The van der Waals surface area contributed by atoms with E-state index in [2.05, 4.69) is 37.5 Å². The topological polar surface area (TPSA) is 155 Å².